The molecule has 0 aliphatic carbocycles. The molecular formula is C14H21FN2O. The zero-order valence-electron chi connectivity index (χ0n) is 10.9. The van der Waals surface area contributed by atoms with Crippen molar-refractivity contribution in [2.45, 2.75) is 32.5 Å². The van der Waals surface area contributed by atoms with Crippen LogP contribution in [0.1, 0.15) is 24.5 Å². The molecule has 1 unspecified atom stereocenters. The third-order valence-corrected chi connectivity index (χ3v) is 3.58. The molecule has 3 nitrogen and oxygen atoms in total. The molecule has 1 fully saturated rings. The van der Waals surface area contributed by atoms with E-state index in [2.05, 4.69) is 11.8 Å². The molecule has 0 aromatic heterocycles. The van der Waals surface area contributed by atoms with E-state index in [-0.39, 0.29) is 5.82 Å². The number of rotatable bonds is 4. The number of benzene rings is 1. The minimum absolute atomic E-state index is 0.215. The Morgan fingerprint density at radius 1 is 1.44 bits per heavy atom. The van der Waals surface area contributed by atoms with Gasteiger partial charge in [0.1, 0.15) is 5.82 Å². The first-order chi connectivity index (χ1) is 8.74. The molecule has 0 amide bonds. The molecule has 4 heteroatoms. The Balaban J connectivity index is 2.12. The average Bonchev–Trinajstić information content (AvgIpc) is 2.41. The van der Waals surface area contributed by atoms with E-state index >= 15 is 0 Å². The number of halogens is 1. The van der Waals surface area contributed by atoms with Crippen LogP contribution >= 0.6 is 0 Å². The van der Waals surface area contributed by atoms with Crippen LogP contribution in [-0.2, 0) is 17.8 Å². The third-order valence-electron chi connectivity index (χ3n) is 3.58. The first-order valence-corrected chi connectivity index (χ1v) is 6.53. The standard InChI is InChI=1S/C14H21FN2O/c1-2-14-10-18-6-5-17(14)9-11-3-4-13(15)7-12(11)8-16/h3-4,7,14H,2,5-6,8-10,16H2,1H3. The highest BCUT2D eigenvalue weighted by Gasteiger charge is 2.21. The van der Waals surface area contributed by atoms with Gasteiger partial charge in [0.05, 0.1) is 13.2 Å². The third kappa shape index (κ3) is 3.07. The summed E-state index contributed by atoms with van der Waals surface area (Å²) in [5.74, 6) is -0.215. The van der Waals surface area contributed by atoms with Crippen LogP contribution in [0.25, 0.3) is 0 Å². The van der Waals surface area contributed by atoms with Crippen LogP contribution in [0.4, 0.5) is 4.39 Å². The summed E-state index contributed by atoms with van der Waals surface area (Å²) < 4.78 is 18.7. The molecule has 18 heavy (non-hydrogen) atoms. The molecular weight excluding hydrogens is 231 g/mol. The minimum Gasteiger partial charge on any atom is -0.378 e. The van der Waals surface area contributed by atoms with Crippen LogP contribution in [0.5, 0.6) is 0 Å². The zero-order valence-corrected chi connectivity index (χ0v) is 10.9. The van der Waals surface area contributed by atoms with Gasteiger partial charge in [-0.3, -0.25) is 4.90 Å². The number of nitrogens with two attached hydrogens (primary N) is 1. The van der Waals surface area contributed by atoms with Gasteiger partial charge in [-0.25, -0.2) is 4.39 Å². The van der Waals surface area contributed by atoms with Gasteiger partial charge in [0.15, 0.2) is 0 Å². The van der Waals surface area contributed by atoms with Crippen LogP contribution in [0.15, 0.2) is 18.2 Å². The molecule has 0 spiro atoms. The molecule has 1 atom stereocenters. The van der Waals surface area contributed by atoms with Crippen LogP contribution in [0.2, 0.25) is 0 Å². The number of hydrogen-bond acceptors (Lipinski definition) is 3. The van der Waals surface area contributed by atoms with E-state index in [1.54, 1.807) is 0 Å². The van der Waals surface area contributed by atoms with Crippen LogP contribution in [0.3, 0.4) is 0 Å². The Morgan fingerprint density at radius 2 is 2.28 bits per heavy atom. The van der Waals surface area contributed by atoms with E-state index in [4.69, 9.17) is 10.5 Å². The van der Waals surface area contributed by atoms with Gasteiger partial charge >= 0.3 is 0 Å². The second-order valence-corrected chi connectivity index (χ2v) is 4.72. The molecule has 0 saturated carbocycles. The smallest absolute Gasteiger partial charge is 0.123 e. The molecule has 100 valence electrons. The number of morpholine rings is 1. The maximum atomic E-state index is 13.2. The molecule has 1 aromatic carbocycles. The highest BCUT2D eigenvalue weighted by molar-refractivity contribution is 5.27. The topological polar surface area (TPSA) is 38.5 Å². The Bertz CT molecular complexity index is 397. The van der Waals surface area contributed by atoms with Gasteiger partial charge in [-0.2, -0.15) is 0 Å². The van der Waals surface area contributed by atoms with Gasteiger partial charge in [0, 0.05) is 25.7 Å². The fourth-order valence-corrected chi connectivity index (χ4v) is 2.43. The normalized spacial score (nSPS) is 21.2. The maximum Gasteiger partial charge on any atom is 0.123 e. The molecule has 0 bridgehead atoms. The van der Waals surface area contributed by atoms with Gasteiger partial charge in [-0.05, 0) is 29.7 Å². The Hall–Kier alpha value is -0.970. The number of nitrogens with zero attached hydrogens (tertiary/aromatic N) is 1. The van der Waals surface area contributed by atoms with Gasteiger partial charge in [-0.15, -0.1) is 0 Å². The molecule has 1 heterocycles. The average molecular weight is 252 g/mol. The lowest BCUT2D eigenvalue weighted by atomic mass is 10.0. The largest absolute Gasteiger partial charge is 0.378 e. The lowest BCUT2D eigenvalue weighted by Gasteiger charge is -2.35. The molecule has 2 rings (SSSR count). The summed E-state index contributed by atoms with van der Waals surface area (Å²) >= 11 is 0. The second-order valence-electron chi connectivity index (χ2n) is 4.72. The van der Waals surface area contributed by atoms with E-state index < -0.39 is 0 Å². The van der Waals surface area contributed by atoms with Crippen molar-refractivity contribution in [2.75, 3.05) is 19.8 Å². The zero-order chi connectivity index (χ0) is 13.0. The van der Waals surface area contributed by atoms with Crippen molar-refractivity contribution in [1.82, 2.24) is 4.90 Å². The predicted octanol–water partition coefficient (Wildman–Crippen LogP) is 1.90. The van der Waals surface area contributed by atoms with Crippen molar-refractivity contribution < 1.29 is 9.13 Å². The molecule has 1 saturated heterocycles. The summed E-state index contributed by atoms with van der Waals surface area (Å²) in [6, 6.07) is 5.35. The van der Waals surface area contributed by atoms with Crippen molar-refractivity contribution >= 4 is 0 Å². The fraction of sp³-hybridized carbons (Fsp3) is 0.571. The Labute approximate surface area is 108 Å². The lowest BCUT2D eigenvalue weighted by Crippen LogP contribution is -2.44. The quantitative estimate of drug-likeness (QED) is 0.889. The Kier molecular flexibility index (Phi) is 4.69. The van der Waals surface area contributed by atoms with E-state index in [0.29, 0.717) is 12.6 Å². The first-order valence-electron chi connectivity index (χ1n) is 6.53. The second kappa shape index (κ2) is 6.27. The van der Waals surface area contributed by atoms with Gasteiger partial charge < -0.3 is 10.5 Å². The first kappa shape index (κ1) is 13.5. The number of ether oxygens (including phenoxy) is 1. The van der Waals surface area contributed by atoms with Crippen molar-refractivity contribution in [1.29, 1.82) is 0 Å². The highest BCUT2D eigenvalue weighted by atomic mass is 19.1. The summed E-state index contributed by atoms with van der Waals surface area (Å²) in [6.45, 7) is 5.87. The predicted molar refractivity (Wildman–Crippen MR) is 69.6 cm³/mol. The van der Waals surface area contributed by atoms with Crippen LogP contribution in [0, 0.1) is 5.82 Å². The number of hydrogen-bond donors (Lipinski definition) is 1. The van der Waals surface area contributed by atoms with Crippen LogP contribution < -0.4 is 5.73 Å². The van der Waals surface area contributed by atoms with E-state index in [1.165, 1.54) is 12.1 Å². The van der Waals surface area contributed by atoms with Crippen molar-refractivity contribution in [3.05, 3.63) is 35.1 Å². The van der Waals surface area contributed by atoms with Crippen LogP contribution in [-0.4, -0.2) is 30.7 Å². The monoisotopic (exact) mass is 252 g/mol. The fourth-order valence-electron chi connectivity index (χ4n) is 2.43. The van der Waals surface area contributed by atoms with Crippen molar-refractivity contribution in [3.8, 4) is 0 Å². The minimum atomic E-state index is -0.215. The summed E-state index contributed by atoms with van der Waals surface area (Å²) in [7, 11) is 0. The van der Waals surface area contributed by atoms with Crippen molar-refractivity contribution in [3.63, 3.8) is 0 Å². The van der Waals surface area contributed by atoms with E-state index in [1.807, 2.05) is 6.07 Å². The summed E-state index contributed by atoms with van der Waals surface area (Å²) in [4.78, 5) is 2.40. The Morgan fingerprint density at radius 3 is 3.00 bits per heavy atom. The lowest BCUT2D eigenvalue weighted by molar-refractivity contribution is -0.0128. The van der Waals surface area contributed by atoms with Gasteiger partial charge in [0.25, 0.3) is 0 Å². The molecule has 1 aliphatic rings. The van der Waals surface area contributed by atoms with E-state index in [0.717, 1.165) is 43.9 Å². The molecule has 2 N–H and O–H groups in total. The maximum absolute atomic E-state index is 13.2. The summed E-state index contributed by atoms with van der Waals surface area (Å²) in [5, 5.41) is 0. The van der Waals surface area contributed by atoms with Gasteiger partial charge in [-0.1, -0.05) is 13.0 Å². The molecule has 1 aliphatic heterocycles. The SMILES string of the molecule is CCC1COCCN1Cc1ccc(F)cc1CN. The summed E-state index contributed by atoms with van der Waals surface area (Å²) in [5.41, 5.74) is 7.71. The van der Waals surface area contributed by atoms with E-state index in [9.17, 15) is 4.39 Å². The van der Waals surface area contributed by atoms with Gasteiger partial charge in [0.2, 0.25) is 0 Å². The van der Waals surface area contributed by atoms with Crippen molar-refractivity contribution in [2.24, 2.45) is 5.73 Å². The molecule has 1 aromatic rings. The summed E-state index contributed by atoms with van der Waals surface area (Å²) in [6.07, 6.45) is 1.07. The highest BCUT2D eigenvalue weighted by Crippen LogP contribution is 2.18. The molecule has 0 radical (unpaired) electrons.